The minimum Gasteiger partial charge on any atom is -0.479 e. The first-order valence-electron chi connectivity index (χ1n) is 6.15. The zero-order chi connectivity index (χ0) is 13.8. The summed E-state index contributed by atoms with van der Waals surface area (Å²) in [5, 5.41) is 11.5. The maximum absolute atomic E-state index is 11.8. The van der Waals surface area contributed by atoms with E-state index in [0.717, 1.165) is 5.69 Å². The number of ether oxygens (including phenoxy) is 1. The number of amides is 1. The third-order valence-electron chi connectivity index (χ3n) is 3.05. The number of hydrogen-bond donors (Lipinski definition) is 2. The van der Waals surface area contributed by atoms with E-state index in [4.69, 9.17) is 9.84 Å². The van der Waals surface area contributed by atoms with Gasteiger partial charge in [0.1, 0.15) is 0 Å². The van der Waals surface area contributed by atoms with Crippen LogP contribution in [0.3, 0.4) is 0 Å². The van der Waals surface area contributed by atoms with Crippen LogP contribution in [0.25, 0.3) is 0 Å². The van der Waals surface area contributed by atoms with Crippen molar-refractivity contribution in [3.63, 3.8) is 0 Å². The Bertz CT molecular complexity index is 472. The van der Waals surface area contributed by atoms with Crippen molar-refractivity contribution in [3.8, 4) is 0 Å². The van der Waals surface area contributed by atoms with Crippen LogP contribution in [0.4, 0.5) is 0 Å². The average molecular weight is 264 g/mol. The molecule has 1 saturated heterocycles. The molecule has 102 valence electrons. The summed E-state index contributed by atoms with van der Waals surface area (Å²) in [6, 6.07) is 3.47. The molecule has 1 amide bonds. The molecule has 6 nitrogen and oxygen atoms in total. The Balaban J connectivity index is 1.81. The van der Waals surface area contributed by atoms with E-state index >= 15 is 0 Å². The Morgan fingerprint density at radius 1 is 1.47 bits per heavy atom. The molecule has 2 heterocycles. The van der Waals surface area contributed by atoms with Crippen LogP contribution in [0, 0.1) is 6.92 Å². The van der Waals surface area contributed by atoms with Crippen LogP contribution in [-0.2, 0) is 9.53 Å². The number of aliphatic carboxylic acids is 1. The molecule has 0 radical (unpaired) electrons. The molecule has 0 bridgehead atoms. The van der Waals surface area contributed by atoms with E-state index in [2.05, 4.69) is 10.3 Å². The van der Waals surface area contributed by atoms with Crippen molar-refractivity contribution in [1.29, 1.82) is 0 Å². The second-order valence-corrected chi connectivity index (χ2v) is 4.56. The van der Waals surface area contributed by atoms with E-state index in [0.29, 0.717) is 24.9 Å². The molecule has 1 aliphatic rings. The number of nitrogens with one attached hydrogen (secondary N) is 1. The second-order valence-electron chi connectivity index (χ2n) is 4.56. The van der Waals surface area contributed by atoms with Gasteiger partial charge in [-0.15, -0.1) is 0 Å². The molecule has 2 rings (SSSR count). The van der Waals surface area contributed by atoms with Gasteiger partial charge in [0.2, 0.25) is 0 Å². The smallest absolute Gasteiger partial charge is 0.332 e. The normalized spacial score (nSPS) is 22.2. The van der Waals surface area contributed by atoms with Crippen molar-refractivity contribution >= 4 is 11.9 Å². The lowest BCUT2D eigenvalue weighted by Crippen LogP contribution is -2.33. The van der Waals surface area contributed by atoms with Crippen molar-refractivity contribution in [2.24, 2.45) is 0 Å². The van der Waals surface area contributed by atoms with Crippen LogP contribution in [0.15, 0.2) is 18.3 Å². The molecule has 0 aliphatic carbocycles. The third kappa shape index (κ3) is 3.51. The van der Waals surface area contributed by atoms with Crippen LogP contribution in [0.2, 0.25) is 0 Å². The molecule has 1 aromatic rings. The molecule has 1 aliphatic heterocycles. The summed E-state index contributed by atoms with van der Waals surface area (Å²) in [6.07, 6.45) is 1.66. The molecular weight excluding hydrogens is 248 g/mol. The van der Waals surface area contributed by atoms with E-state index < -0.39 is 12.1 Å². The summed E-state index contributed by atoms with van der Waals surface area (Å²) < 4.78 is 5.30. The summed E-state index contributed by atoms with van der Waals surface area (Å²) in [7, 11) is 0. The quantitative estimate of drug-likeness (QED) is 0.837. The van der Waals surface area contributed by atoms with Gasteiger partial charge in [-0.25, -0.2) is 4.79 Å². The maximum Gasteiger partial charge on any atom is 0.332 e. The predicted molar refractivity (Wildman–Crippen MR) is 66.8 cm³/mol. The number of nitrogens with zero attached hydrogens (tertiary/aromatic N) is 1. The fraction of sp³-hybridized carbons (Fsp3) is 0.462. The number of carboxylic acids is 1. The Kier molecular flexibility index (Phi) is 4.11. The van der Waals surface area contributed by atoms with E-state index in [9.17, 15) is 9.59 Å². The number of hydrogen-bond acceptors (Lipinski definition) is 4. The van der Waals surface area contributed by atoms with E-state index in [1.165, 1.54) is 6.20 Å². The first kappa shape index (κ1) is 13.5. The van der Waals surface area contributed by atoms with Gasteiger partial charge in [-0.1, -0.05) is 0 Å². The summed E-state index contributed by atoms with van der Waals surface area (Å²) in [5.41, 5.74) is 1.33. The number of carbonyl (C=O) groups is 2. The summed E-state index contributed by atoms with van der Waals surface area (Å²) >= 11 is 0. The predicted octanol–water partition coefficient (Wildman–Crippen LogP) is 0.752. The van der Waals surface area contributed by atoms with Crippen LogP contribution >= 0.6 is 0 Å². The number of aromatic nitrogens is 1. The van der Waals surface area contributed by atoms with Crippen LogP contribution in [-0.4, -0.2) is 40.7 Å². The summed E-state index contributed by atoms with van der Waals surface area (Å²) in [4.78, 5) is 26.6. The van der Waals surface area contributed by atoms with E-state index in [-0.39, 0.29) is 12.0 Å². The summed E-state index contributed by atoms with van der Waals surface area (Å²) in [5.74, 6) is -1.17. The fourth-order valence-corrected chi connectivity index (χ4v) is 1.95. The highest BCUT2D eigenvalue weighted by atomic mass is 16.5. The third-order valence-corrected chi connectivity index (χ3v) is 3.05. The molecule has 2 N–H and O–H groups in total. The molecule has 19 heavy (non-hydrogen) atoms. The Morgan fingerprint density at radius 2 is 2.26 bits per heavy atom. The molecule has 6 heteroatoms. The highest BCUT2D eigenvalue weighted by molar-refractivity contribution is 5.93. The molecule has 0 saturated carbocycles. The molecule has 1 fully saturated rings. The van der Waals surface area contributed by atoms with Crippen molar-refractivity contribution in [3.05, 3.63) is 29.6 Å². The number of carbonyl (C=O) groups excluding carboxylic acids is 1. The minimum atomic E-state index is -0.948. The van der Waals surface area contributed by atoms with Gasteiger partial charge in [0, 0.05) is 18.4 Å². The van der Waals surface area contributed by atoms with Gasteiger partial charge >= 0.3 is 5.97 Å². The largest absolute Gasteiger partial charge is 0.479 e. The highest BCUT2D eigenvalue weighted by Crippen LogP contribution is 2.19. The summed E-state index contributed by atoms with van der Waals surface area (Å²) in [6.45, 7) is 2.16. The monoisotopic (exact) mass is 264 g/mol. The van der Waals surface area contributed by atoms with Crippen LogP contribution < -0.4 is 5.32 Å². The standard InChI is InChI=1S/C13H16N2O4/c1-8-2-3-9(6-14-8)12(16)15-7-10-4-5-11(19-10)13(17)18/h2-3,6,10-11H,4-5,7H2,1H3,(H,15,16)(H,17,18). The van der Waals surface area contributed by atoms with Crippen LogP contribution in [0.5, 0.6) is 0 Å². The zero-order valence-electron chi connectivity index (χ0n) is 10.6. The van der Waals surface area contributed by atoms with Gasteiger partial charge in [-0.2, -0.15) is 0 Å². The van der Waals surface area contributed by atoms with Gasteiger partial charge in [-0.05, 0) is 31.9 Å². The van der Waals surface area contributed by atoms with Crippen molar-refractivity contribution in [2.75, 3.05) is 6.54 Å². The van der Waals surface area contributed by atoms with Gasteiger partial charge in [-0.3, -0.25) is 9.78 Å². The Labute approximate surface area is 110 Å². The number of rotatable bonds is 4. The molecule has 0 spiro atoms. The maximum atomic E-state index is 11.8. The fourth-order valence-electron chi connectivity index (χ4n) is 1.95. The highest BCUT2D eigenvalue weighted by Gasteiger charge is 2.30. The van der Waals surface area contributed by atoms with Gasteiger partial charge in [0.15, 0.2) is 6.10 Å². The zero-order valence-corrected chi connectivity index (χ0v) is 10.6. The molecule has 2 unspecified atom stereocenters. The number of carboxylic acid groups (broad SMARTS) is 1. The van der Waals surface area contributed by atoms with E-state index in [1.807, 2.05) is 6.92 Å². The minimum absolute atomic E-state index is 0.227. The van der Waals surface area contributed by atoms with Gasteiger partial charge < -0.3 is 15.2 Å². The van der Waals surface area contributed by atoms with Crippen molar-refractivity contribution < 1.29 is 19.4 Å². The number of aryl methyl sites for hydroxylation is 1. The molecule has 0 aromatic carbocycles. The van der Waals surface area contributed by atoms with Gasteiger partial charge in [0.25, 0.3) is 5.91 Å². The van der Waals surface area contributed by atoms with Gasteiger partial charge in [0.05, 0.1) is 11.7 Å². The molecular formula is C13H16N2O4. The SMILES string of the molecule is Cc1ccc(C(=O)NCC2CCC(C(=O)O)O2)cn1. The van der Waals surface area contributed by atoms with Crippen molar-refractivity contribution in [2.45, 2.75) is 32.0 Å². The Morgan fingerprint density at radius 3 is 2.84 bits per heavy atom. The average Bonchev–Trinajstić information content (AvgIpc) is 2.86. The first-order valence-corrected chi connectivity index (χ1v) is 6.15. The first-order chi connectivity index (χ1) is 9.06. The lowest BCUT2D eigenvalue weighted by molar-refractivity contribution is -0.149. The number of pyridine rings is 1. The lowest BCUT2D eigenvalue weighted by Gasteiger charge is -2.12. The lowest BCUT2D eigenvalue weighted by atomic mass is 10.2. The molecule has 1 aromatic heterocycles. The topological polar surface area (TPSA) is 88.5 Å². The van der Waals surface area contributed by atoms with E-state index in [1.54, 1.807) is 12.1 Å². The van der Waals surface area contributed by atoms with Crippen molar-refractivity contribution in [1.82, 2.24) is 10.3 Å². The second kappa shape index (κ2) is 5.79. The van der Waals surface area contributed by atoms with Crippen LogP contribution in [0.1, 0.15) is 28.9 Å². The molecule has 2 atom stereocenters. The Hall–Kier alpha value is -1.95.